The molecule has 1 fully saturated rings. The largest absolute Gasteiger partial charge is 0.368 e. The smallest absolute Gasteiger partial charge is 0.314 e. The number of hydrogen-bond donors (Lipinski definition) is 1. The van der Waals surface area contributed by atoms with Crippen molar-refractivity contribution in [3.8, 4) is 0 Å². The van der Waals surface area contributed by atoms with Crippen LogP contribution in [0, 0.1) is 0 Å². The SMILES string of the molecule is NC(=O)N1CCN(c2ccc(C=O)cc2)CC1. The Morgan fingerprint density at radius 2 is 1.71 bits per heavy atom. The van der Waals surface area contributed by atoms with Crippen LogP contribution in [0.3, 0.4) is 0 Å². The van der Waals surface area contributed by atoms with Gasteiger partial charge in [-0.2, -0.15) is 0 Å². The Kier molecular flexibility index (Phi) is 3.27. The van der Waals surface area contributed by atoms with Crippen molar-refractivity contribution < 1.29 is 9.59 Å². The van der Waals surface area contributed by atoms with Crippen molar-refractivity contribution >= 4 is 18.0 Å². The predicted molar refractivity (Wildman–Crippen MR) is 65.2 cm³/mol. The summed E-state index contributed by atoms with van der Waals surface area (Å²) in [6, 6.07) is 7.07. The maximum absolute atomic E-state index is 11.0. The molecule has 1 heterocycles. The molecule has 1 aromatic carbocycles. The van der Waals surface area contributed by atoms with E-state index in [4.69, 9.17) is 5.73 Å². The number of primary amides is 1. The van der Waals surface area contributed by atoms with Gasteiger partial charge in [0.15, 0.2) is 0 Å². The van der Waals surface area contributed by atoms with E-state index in [9.17, 15) is 9.59 Å². The fraction of sp³-hybridized carbons (Fsp3) is 0.333. The van der Waals surface area contributed by atoms with Crippen molar-refractivity contribution in [1.29, 1.82) is 0 Å². The van der Waals surface area contributed by atoms with E-state index in [1.165, 1.54) is 0 Å². The molecular weight excluding hydrogens is 218 g/mol. The topological polar surface area (TPSA) is 66.6 Å². The first-order valence-corrected chi connectivity index (χ1v) is 5.55. The van der Waals surface area contributed by atoms with Crippen molar-refractivity contribution in [2.75, 3.05) is 31.1 Å². The summed E-state index contributed by atoms with van der Waals surface area (Å²) in [5.74, 6) is 0. The summed E-state index contributed by atoms with van der Waals surface area (Å²) in [7, 11) is 0. The number of carbonyl (C=O) groups excluding carboxylic acids is 2. The Morgan fingerprint density at radius 1 is 1.12 bits per heavy atom. The fourth-order valence-electron chi connectivity index (χ4n) is 1.95. The van der Waals surface area contributed by atoms with Gasteiger partial charge in [-0.25, -0.2) is 4.79 Å². The van der Waals surface area contributed by atoms with Crippen LogP contribution in [0.4, 0.5) is 10.5 Å². The van der Waals surface area contributed by atoms with Crippen molar-refractivity contribution in [2.45, 2.75) is 0 Å². The summed E-state index contributed by atoms with van der Waals surface area (Å²) in [5.41, 5.74) is 6.96. The first-order valence-electron chi connectivity index (χ1n) is 5.55. The highest BCUT2D eigenvalue weighted by Crippen LogP contribution is 2.16. The van der Waals surface area contributed by atoms with Gasteiger partial charge in [-0.1, -0.05) is 0 Å². The van der Waals surface area contributed by atoms with Crippen LogP contribution in [0.25, 0.3) is 0 Å². The van der Waals surface area contributed by atoms with E-state index in [0.717, 1.165) is 25.1 Å². The van der Waals surface area contributed by atoms with Crippen LogP contribution < -0.4 is 10.6 Å². The molecule has 0 saturated carbocycles. The van der Waals surface area contributed by atoms with Gasteiger partial charge in [0.25, 0.3) is 0 Å². The van der Waals surface area contributed by atoms with E-state index in [-0.39, 0.29) is 6.03 Å². The van der Waals surface area contributed by atoms with Gasteiger partial charge in [0.05, 0.1) is 0 Å². The molecule has 2 N–H and O–H groups in total. The van der Waals surface area contributed by atoms with E-state index in [1.807, 2.05) is 12.1 Å². The molecule has 90 valence electrons. The number of hydrogen-bond acceptors (Lipinski definition) is 3. The number of carbonyl (C=O) groups is 2. The summed E-state index contributed by atoms with van der Waals surface area (Å²) in [6.07, 6.45) is 0.828. The lowest BCUT2D eigenvalue weighted by Gasteiger charge is -2.35. The molecule has 0 aromatic heterocycles. The Hall–Kier alpha value is -2.04. The van der Waals surface area contributed by atoms with Crippen LogP contribution >= 0.6 is 0 Å². The number of benzene rings is 1. The van der Waals surface area contributed by atoms with Crippen molar-refractivity contribution in [2.24, 2.45) is 5.73 Å². The molecule has 1 saturated heterocycles. The molecular formula is C12H15N3O2. The van der Waals surface area contributed by atoms with E-state index in [2.05, 4.69) is 4.90 Å². The van der Waals surface area contributed by atoms with E-state index in [0.29, 0.717) is 18.7 Å². The minimum Gasteiger partial charge on any atom is -0.368 e. The Morgan fingerprint density at radius 3 is 2.18 bits per heavy atom. The molecule has 5 nitrogen and oxygen atoms in total. The van der Waals surface area contributed by atoms with E-state index >= 15 is 0 Å². The molecule has 17 heavy (non-hydrogen) atoms. The maximum Gasteiger partial charge on any atom is 0.314 e. The van der Waals surface area contributed by atoms with Crippen LogP contribution in [0.2, 0.25) is 0 Å². The zero-order chi connectivity index (χ0) is 12.3. The molecule has 1 aliphatic rings. The quantitative estimate of drug-likeness (QED) is 0.765. The summed E-state index contributed by atoms with van der Waals surface area (Å²) < 4.78 is 0. The normalized spacial score (nSPS) is 15.8. The van der Waals surface area contributed by atoms with Crippen LogP contribution in [0.1, 0.15) is 10.4 Å². The molecule has 2 amide bonds. The Bertz CT molecular complexity index is 408. The Balaban J connectivity index is 2.00. The summed E-state index contributed by atoms with van der Waals surface area (Å²) in [4.78, 5) is 25.3. The van der Waals surface area contributed by atoms with Crippen molar-refractivity contribution in [1.82, 2.24) is 4.90 Å². The number of amides is 2. The second-order valence-corrected chi connectivity index (χ2v) is 4.02. The van der Waals surface area contributed by atoms with Crippen LogP contribution in [-0.4, -0.2) is 43.4 Å². The monoisotopic (exact) mass is 233 g/mol. The van der Waals surface area contributed by atoms with Gasteiger partial charge in [-0.15, -0.1) is 0 Å². The minimum atomic E-state index is -0.360. The Labute approximate surface area is 99.8 Å². The van der Waals surface area contributed by atoms with Gasteiger partial charge in [0.1, 0.15) is 6.29 Å². The van der Waals surface area contributed by atoms with Crippen molar-refractivity contribution in [3.05, 3.63) is 29.8 Å². The highest BCUT2D eigenvalue weighted by atomic mass is 16.2. The number of aldehydes is 1. The third kappa shape index (κ3) is 2.55. The molecule has 0 aliphatic carbocycles. The highest BCUT2D eigenvalue weighted by Gasteiger charge is 2.18. The minimum absolute atomic E-state index is 0.360. The van der Waals surface area contributed by atoms with Gasteiger partial charge in [-0.3, -0.25) is 4.79 Å². The lowest BCUT2D eigenvalue weighted by Crippen LogP contribution is -2.50. The summed E-state index contributed by atoms with van der Waals surface area (Å²) >= 11 is 0. The molecule has 1 aliphatic heterocycles. The second kappa shape index (κ2) is 4.86. The first-order chi connectivity index (χ1) is 8.20. The number of nitrogens with zero attached hydrogens (tertiary/aromatic N) is 2. The second-order valence-electron chi connectivity index (χ2n) is 4.02. The molecule has 0 radical (unpaired) electrons. The number of anilines is 1. The summed E-state index contributed by atoms with van der Waals surface area (Å²) in [5, 5.41) is 0. The van der Waals surface area contributed by atoms with E-state index < -0.39 is 0 Å². The average molecular weight is 233 g/mol. The van der Waals surface area contributed by atoms with Gasteiger partial charge in [0.2, 0.25) is 0 Å². The molecule has 1 aromatic rings. The van der Waals surface area contributed by atoms with Crippen molar-refractivity contribution in [3.63, 3.8) is 0 Å². The number of rotatable bonds is 2. The molecule has 2 rings (SSSR count). The molecule has 0 atom stereocenters. The van der Waals surface area contributed by atoms with Gasteiger partial charge in [0, 0.05) is 37.4 Å². The summed E-state index contributed by atoms with van der Waals surface area (Å²) in [6.45, 7) is 2.82. The molecule has 0 bridgehead atoms. The lowest BCUT2D eigenvalue weighted by molar-refractivity contribution is 0.112. The predicted octanol–water partition coefficient (Wildman–Crippen LogP) is 0.700. The first kappa shape index (κ1) is 11.4. The molecule has 0 unspecified atom stereocenters. The third-order valence-corrected chi connectivity index (χ3v) is 2.99. The van der Waals surface area contributed by atoms with Crippen LogP contribution in [0.5, 0.6) is 0 Å². The van der Waals surface area contributed by atoms with Crippen LogP contribution in [0.15, 0.2) is 24.3 Å². The zero-order valence-electron chi connectivity index (χ0n) is 9.50. The number of urea groups is 1. The zero-order valence-corrected chi connectivity index (χ0v) is 9.50. The van der Waals surface area contributed by atoms with Gasteiger partial charge in [-0.05, 0) is 24.3 Å². The third-order valence-electron chi connectivity index (χ3n) is 2.99. The number of piperazine rings is 1. The van der Waals surface area contributed by atoms with E-state index in [1.54, 1.807) is 17.0 Å². The standard InChI is InChI=1S/C12H15N3O2/c13-12(17)15-7-5-14(6-8-15)11-3-1-10(9-16)2-4-11/h1-4,9H,5-8H2,(H2,13,17). The molecule has 5 heteroatoms. The average Bonchev–Trinajstić information content (AvgIpc) is 2.39. The number of nitrogens with two attached hydrogens (primary N) is 1. The molecule has 0 spiro atoms. The van der Waals surface area contributed by atoms with Gasteiger partial charge < -0.3 is 15.5 Å². The highest BCUT2D eigenvalue weighted by molar-refractivity contribution is 5.76. The fourth-order valence-corrected chi connectivity index (χ4v) is 1.95. The maximum atomic E-state index is 11.0. The lowest BCUT2D eigenvalue weighted by atomic mass is 10.2. The van der Waals surface area contributed by atoms with Crippen LogP contribution in [-0.2, 0) is 0 Å². The van der Waals surface area contributed by atoms with Gasteiger partial charge >= 0.3 is 6.03 Å².